The van der Waals surface area contributed by atoms with E-state index >= 15 is 0 Å². The van der Waals surface area contributed by atoms with Crippen LogP contribution in [0.5, 0.6) is 0 Å². The van der Waals surface area contributed by atoms with Crippen molar-refractivity contribution < 1.29 is 4.74 Å². The molecule has 0 aromatic heterocycles. The van der Waals surface area contributed by atoms with Crippen molar-refractivity contribution in [1.29, 1.82) is 0 Å². The normalized spacial score (nSPS) is 27.9. The lowest BCUT2D eigenvalue weighted by Gasteiger charge is -2.06. The molecule has 2 aliphatic heterocycles. The molecule has 2 aliphatic rings. The third-order valence-corrected chi connectivity index (χ3v) is 3.87. The molecule has 0 radical (unpaired) electrons. The molecule has 0 aliphatic carbocycles. The number of benzene rings is 1. The van der Waals surface area contributed by atoms with Crippen LogP contribution in [0.4, 0.5) is 0 Å². The van der Waals surface area contributed by atoms with Crippen LogP contribution in [-0.4, -0.2) is 25.6 Å². The van der Waals surface area contributed by atoms with Gasteiger partial charge in [-0.1, -0.05) is 28.1 Å². The van der Waals surface area contributed by atoms with Gasteiger partial charge in [-0.25, -0.2) is 4.99 Å². The van der Waals surface area contributed by atoms with Crippen molar-refractivity contribution in [3.05, 3.63) is 34.3 Å². The quantitative estimate of drug-likeness (QED) is 0.909. The monoisotopic (exact) mass is 294 g/mol. The average molecular weight is 295 g/mol. The fourth-order valence-electron chi connectivity index (χ4n) is 2.34. The number of ether oxygens (including phenoxy) is 1. The lowest BCUT2D eigenvalue weighted by atomic mass is 10.1. The second-order valence-corrected chi connectivity index (χ2v) is 5.45. The zero-order chi connectivity index (χ0) is 11.7. The van der Waals surface area contributed by atoms with Crippen LogP contribution in [-0.2, 0) is 4.74 Å². The van der Waals surface area contributed by atoms with Gasteiger partial charge in [0.25, 0.3) is 0 Å². The summed E-state index contributed by atoms with van der Waals surface area (Å²) in [6.45, 7) is 2.77. The highest BCUT2D eigenvalue weighted by Crippen LogP contribution is 2.27. The Morgan fingerprint density at radius 3 is 2.82 bits per heavy atom. The van der Waals surface area contributed by atoms with Crippen molar-refractivity contribution in [2.75, 3.05) is 19.7 Å². The minimum Gasteiger partial charge on any atom is -0.478 e. The zero-order valence-corrected chi connectivity index (χ0v) is 11.1. The third-order valence-electron chi connectivity index (χ3n) is 3.34. The van der Waals surface area contributed by atoms with Crippen LogP contribution in [0.1, 0.15) is 18.0 Å². The summed E-state index contributed by atoms with van der Waals surface area (Å²) >= 11 is 3.44. The number of rotatable bonds is 2. The van der Waals surface area contributed by atoms with Crippen molar-refractivity contribution in [3.8, 4) is 0 Å². The van der Waals surface area contributed by atoms with E-state index in [2.05, 4.69) is 45.5 Å². The zero-order valence-electron chi connectivity index (χ0n) is 9.53. The summed E-state index contributed by atoms with van der Waals surface area (Å²) in [4.78, 5) is 4.71. The Kier molecular flexibility index (Phi) is 3.16. The Morgan fingerprint density at radius 1 is 1.29 bits per heavy atom. The van der Waals surface area contributed by atoms with Gasteiger partial charge in [-0.3, -0.25) is 0 Å². The molecule has 1 N–H and O–H groups in total. The largest absolute Gasteiger partial charge is 0.478 e. The van der Waals surface area contributed by atoms with E-state index in [-0.39, 0.29) is 6.04 Å². The highest BCUT2D eigenvalue weighted by Gasteiger charge is 2.28. The number of nitrogens with zero attached hydrogens (tertiary/aromatic N) is 1. The first-order chi connectivity index (χ1) is 8.33. The van der Waals surface area contributed by atoms with Crippen molar-refractivity contribution in [1.82, 2.24) is 5.32 Å². The first-order valence-corrected chi connectivity index (χ1v) is 6.79. The molecular weight excluding hydrogens is 280 g/mol. The second-order valence-electron chi connectivity index (χ2n) is 4.54. The van der Waals surface area contributed by atoms with Crippen molar-refractivity contribution >= 4 is 21.8 Å². The van der Waals surface area contributed by atoms with E-state index < -0.39 is 0 Å². The molecule has 0 spiro atoms. The van der Waals surface area contributed by atoms with E-state index in [1.807, 2.05) is 0 Å². The lowest BCUT2D eigenvalue weighted by Crippen LogP contribution is -2.17. The highest BCUT2D eigenvalue weighted by molar-refractivity contribution is 9.10. The molecule has 17 heavy (non-hydrogen) atoms. The van der Waals surface area contributed by atoms with E-state index in [9.17, 15) is 0 Å². The fourth-order valence-corrected chi connectivity index (χ4v) is 2.60. The summed E-state index contributed by atoms with van der Waals surface area (Å²) in [6.07, 6.45) is 1.14. The number of hydrogen-bond acceptors (Lipinski definition) is 3. The van der Waals surface area contributed by atoms with Crippen LogP contribution in [0.25, 0.3) is 0 Å². The predicted molar refractivity (Wildman–Crippen MR) is 71.2 cm³/mol. The maximum absolute atomic E-state index is 5.73. The van der Waals surface area contributed by atoms with Gasteiger partial charge in [-0.15, -0.1) is 0 Å². The molecule has 2 atom stereocenters. The minimum absolute atomic E-state index is 0.179. The minimum atomic E-state index is 0.179. The summed E-state index contributed by atoms with van der Waals surface area (Å²) in [5.74, 6) is 1.43. The molecule has 0 bridgehead atoms. The molecule has 3 rings (SSSR count). The van der Waals surface area contributed by atoms with Crippen molar-refractivity contribution in [2.45, 2.75) is 12.5 Å². The summed E-state index contributed by atoms with van der Waals surface area (Å²) in [5, 5.41) is 3.34. The molecular formula is C13H15BrN2O. The SMILES string of the molecule is Brc1ccc(C2COC(C3CCNC3)=N2)cc1. The van der Waals surface area contributed by atoms with Gasteiger partial charge >= 0.3 is 0 Å². The van der Waals surface area contributed by atoms with Gasteiger partial charge in [0.1, 0.15) is 12.6 Å². The molecule has 3 nitrogen and oxygen atoms in total. The molecule has 0 saturated carbocycles. The van der Waals surface area contributed by atoms with E-state index in [1.165, 1.54) is 5.56 Å². The van der Waals surface area contributed by atoms with Gasteiger partial charge in [0.2, 0.25) is 0 Å². The number of aliphatic imine (C=N–C) groups is 1. The maximum Gasteiger partial charge on any atom is 0.188 e. The van der Waals surface area contributed by atoms with Gasteiger partial charge < -0.3 is 10.1 Å². The third kappa shape index (κ3) is 2.38. The maximum atomic E-state index is 5.73. The van der Waals surface area contributed by atoms with Crippen LogP contribution in [0.2, 0.25) is 0 Å². The first-order valence-electron chi connectivity index (χ1n) is 5.99. The molecule has 2 unspecified atom stereocenters. The molecule has 1 saturated heterocycles. The van der Waals surface area contributed by atoms with Crippen LogP contribution >= 0.6 is 15.9 Å². The average Bonchev–Trinajstić information content (AvgIpc) is 3.00. The standard InChI is InChI=1S/C13H15BrN2O/c14-11-3-1-9(2-4-11)12-8-17-13(16-12)10-5-6-15-7-10/h1-4,10,12,15H,5-8H2. The van der Waals surface area contributed by atoms with Gasteiger partial charge in [0.05, 0.1) is 0 Å². The smallest absolute Gasteiger partial charge is 0.188 e. The van der Waals surface area contributed by atoms with Crippen molar-refractivity contribution in [2.24, 2.45) is 10.9 Å². The predicted octanol–water partition coefficient (Wildman–Crippen LogP) is 2.53. The van der Waals surface area contributed by atoms with E-state index in [0.717, 1.165) is 29.9 Å². The van der Waals surface area contributed by atoms with Gasteiger partial charge in [0.15, 0.2) is 5.90 Å². The molecule has 1 fully saturated rings. The molecule has 1 aromatic carbocycles. The van der Waals surface area contributed by atoms with Crippen LogP contribution in [0, 0.1) is 5.92 Å². The van der Waals surface area contributed by atoms with Crippen molar-refractivity contribution in [3.63, 3.8) is 0 Å². The Balaban J connectivity index is 1.75. The Morgan fingerprint density at radius 2 is 2.12 bits per heavy atom. The topological polar surface area (TPSA) is 33.6 Å². The molecule has 90 valence electrons. The van der Waals surface area contributed by atoms with Gasteiger partial charge in [0, 0.05) is 16.9 Å². The summed E-state index contributed by atoms with van der Waals surface area (Å²) in [6, 6.07) is 8.51. The second kappa shape index (κ2) is 4.78. The number of hydrogen-bond donors (Lipinski definition) is 1. The molecule has 4 heteroatoms. The molecule has 0 amide bonds. The van der Waals surface area contributed by atoms with E-state index in [4.69, 9.17) is 9.73 Å². The Hall–Kier alpha value is -0.870. The molecule has 1 aromatic rings. The molecule has 2 heterocycles. The van der Waals surface area contributed by atoms with Gasteiger partial charge in [-0.05, 0) is 30.7 Å². The number of nitrogens with one attached hydrogen (secondary N) is 1. The fraction of sp³-hybridized carbons (Fsp3) is 0.462. The summed E-state index contributed by atoms with van der Waals surface area (Å²) in [5.41, 5.74) is 1.23. The summed E-state index contributed by atoms with van der Waals surface area (Å²) in [7, 11) is 0. The van der Waals surface area contributed by atoms with Crippen LogP contribution in [0.15, 0.2) is 33.7 Å². The lowest BCUT2D eigenvalue weighted by molar-refractivity contribution is 0.301. The number of halogens is 1. The van der Waals surface area contributed by atoms with E-state index in [0.29, 0.717) is 12.5 Å². The van der Waals surface area contributed by atoms with Crippen LogP contribution < -0.4 is 5.32 Å². The van der Waals surface area contributed by atoms with Gasteiger partial charge in [-0.2, -0.15) is 0 Å². The highest BCUT2D eigenvalue weighted by atomic mass is 79.9. The Bertz CT molecular complexity index is 424. The Labute approximate surface area is 109 Å². The van der Waals surface area contributed by atoms with E-state index in [1.54, 1.807) is 0 Å². The summed E-state index contributed by atoms with van der Waals surface area (Å²) < 4.78 is 6.83. The van der Waals surface area contributed by atoms with Crippen LogP contribution in [0.3, 0.4) is 0 Å². The first kappa shape index (κ1) is 11.2.